The molecular weight excluding hydrogens is 503 g/mol. The van der Waals surface area contributed by atoms with Crippen LogP contribution in [0.5, 0.6) is 0 Å². The summed E-state index contributed by atoms with van der Waals surface area (Å²) in [6.45, 7) is 14.0. The number of carbonyl (C=O) groups is 4. The normalized spacial score (nSPS) is 16.0. The molecule has 10 heteroatoms. The number of nitrogens with zero attached hydrogens (tertiary/aromatic N) is 1. The van der Waals surface area contributed by atoms with Crippen molar-refractivity contribution in [2.45, 2.75) is 92.0 Å². The molecule has 4 amide bonds. The molecule has 2 unspecified atom stereocenters. The van der Waals surface area contributed by atoms with Crippen LogP contribution in [0.4, 0.5) is 9.18 Å². The number of hydrogen-bond acceptors (Lipinski definition) is 5. The molecule has 39 heavy (non-hydrogen) atoms. The van der Waals surface area contributed by atoms with Crippen molar-refractivity contribution in [2.24, 2.45) is 17.8 Å². The van der Waals surface area contributed by atoms with E-state index in [9.17, 15) is 23.6 Å². The smallest absolute Gasteiger partial charge is 0.408 e. The van der Waals surface area contributed by atoms with Gasteiger partial charge in [0.25, 0.3) is 0 Å². The maximum Gasteiger partial charge on any atom is 0.408 e. The lowest BCUT2D eigenvalue weighted by atomic mass is 9.93. The van der Waals surface area contributed by atoms with E-state index < -0.39 is 23.8 Å². The number of amides is 4. The van der Waals surface area contributed by atoms with Crippen LogP contribution in [0.15, 0.2) is 24.3 Å². The minimum absolute atomic E-state index is 0.139. The molecule has 0 radical (unpaired) electrons. The summed E-state index contributed by atoms with van der Waals surface area (Å²) in [4.78, 5) is 53.1. The van der Waals surface area contributed by atoms with Crippen LogP contribution < -0.4 is 16.0 Å². The summed E-state index contributed by atoms with van der Waals surface area (Å²) in [6, 6.07) is 4.44. The van der Waals surface area contributed by atoms with Crippen molar-refractivity contribution in [1.82, 2.24) is 20.9 Å². The van der Waals surface area contributed by atoms with E-state index >= 15 is 0 Å². The van der Waals surface area contributed by atoms with Crippen molar-refractivity contribution >= 4 is 23.8 Å². The quantitative estimate of drug-likeness (QED) is 0.412. The van der Waals surface area contributed by atoms with Crippen LogP contribution in [-0.4, -0.2) is 59.5 Å². The number of ether oxygens (including phenoxy) is 1. The average Bonchev–Trinajstić information content (AvgIpc) is 2.84. The van der Waals surface area contributed by atoms with Gasteiger partial charge in [0.15, 0.2) is 0 Å². The lowest BCUT2D eigenvalue weighted by molar-refractivity contribution is -0.138. The zero-order chi connectivity index (χ0) is 29.3. The molecule has 0 aliphatic carbocycles. The highest BCUT2D eigenvalue weighted by atomic mass is 19.1. The number of alkyl carbamates (subject to hydrolysis) is 1. The Morgan fingerprint density at radius 3 is 2.10 bits per heavy atom. The first-order valence-corrected chi connectivity index (χ1v) is 13.8. The number of carbonyl (C=O) groups excluding carboxylic acids is 4. The highest BCUT2D eigenvalue weighted by Crippen LogP contribution is 2.20. The second-order valence-corrected chi connectivity index (χ2v) is 12.0. The summed E-state index contributed by atoms with van der Waals surface area (Å²) >= 11 is 0. The zero-order valence-corrected chi connectivity index (χ0v) is 24.3. The first-order chi connectivity index (χ1) is 18.2. The van der Waals surface area contributed by atoms with Crippen molar-refractivity contribution < 1.29 is 28.3 Å². The molecule has 0 bridgehead atoms. The Labute approximate surface area is 231 Å². The van der Waals surface area contributed by atoms with Crippen LogP contribution >= 0.6 is 0 Å². The number of likely N-dealkylation sites (tertiary alicyclic amines) is 1. The van der Waals surface area contributed by atoms with Gasteiger partial charge < -0.3 is 25.6 Å². The van der Waals surface area contributed by atoms with E-state index in [-0.39, 0.29) is 47.8 Å². The van der Waals surface area contributed by atoms with Gasteiger partial charge in [0.2, 0.25) is 17.7 Å². The Morgan fingerprint density at radius 1 is 1.00 bits per heavy atom. The maximum atomic E-state index is 13.3. The summed E-state index contributed by atoms with van der Waals surface area (Å²) in [5, 5.41) is 8.42. The highest BCUT2D eigenvalue weighted by Gasteiger charge is 2.34. The van der Waals surface area contributed by atoms with E-state index in [0.717, 1.165) is 5.56 Å². The molecule has 1 aliphatic heterocycles. The van der Waals surface area contributed by atoms with Crippen molar-refractivity contribution in [3.63, 3.8) is 0 Å². The fourth-order valence-electron chi connectivity index (χ4n) is 4.43. The van der Waals surface area contributed by atoms with Gasteiger partial charge in [-0.2, -0.15) is 0 Å². The summed E-state index contributed by atoms with van der Waals surface area (Å²) in [5.41, 5.74) is 0.0833. The van der Waals surface area contributed by atoms with E-state index in [1.54, 1.807) is 37.8 Å². The van der Waals surface area contributed by atoms with Crippen LogP contribution in [0.25, 0.3) is 0 Å². The Morgan fingerprint density at radius 2 is 1.59 bits per heavy atom. The lowest BCUT2D eigenvalue weighted by Crippen LogP contribution is -2.54. The molecule has 0 saturated carbocycles. The number of halogens is 1. The van der Waals surface area contributed by atoms with Crippen LogP contribution in [-0.2, 0) is 25.7 Å². The fourth-order valence-corrected chi connectivity index (χ4v) is 4.43. The molecule has 0 spiro atoms. The Kier molecular flexibility index (Phi) is 11.7. The third kappa shape index (κ3) is 10.8. The fraction of sp³-hybridized carbons (Fsp3) is 0.655. The number of nitrogens with one attached hydrogen (secondary N) is 3. The third-order valence-corrected chi connectivity index (χ3v) is 6.50. The SMILES string of the molecule is CC(C)CC(NC(=O)OC(C)(C)C)C(=O)N1CCC(C(=O)NC(C(=O)NCc2ccc(F)cc2)C(C)C)CC1. The maximum absolute atomic E-state index is 13.3. The van der Waals surface area contributed by atoms with Crippen molar-refractivity contribution in [3.05, 3.63) is 35.6 Å². The summed E-state index contributed by atoms with van der Waals surface area (Å²) in [5.74, 6) is -1.35. The Hall–Kier alpha value is -3.17. The molecule has 1 aromatic rings. The van der Waals surface area contributed by atoms with E-state index in [1.807, 2.05) is 27.7 Å². The number of piperidine rings is 1. The van der Waals surface area contributed by atoms with Crippen LogP contribution in [0.3, 0.4) is 0 Å². The molecule has 1 aromatic carbocycles. The largest absolute Gasteiger partial charge is 0.444 e. The predicted molar refractivity (Wildman–Crippen MR) is 147 cm³/mol. The van der Waals surface area contributed by atoms with Gasteiger partial charge in [0.1, 0.15) is 23.5 Å². The predicted octanol–water partition coefficient (Wildman–Crippen LogP) is 3.76. The number of rotatable bonds is 10. The third-order valence-electron chi connectivity index (χ3n) is 6.50. The second kappa shape index (κ2) is 14.3. The molecule has 2 atom stereocenters. The van der Waals surface area contributed by atoms with Crippen molar-refractivity contribution in [3.8, 4) is 0 Å². The number of hydrogen-bond donors (Lipinski definition) is 3. The molecule has 2 rings (SSSR count). The summed E-state index contributed by atoms with van der Waals surface area (Å²) in [7, 11) is 0. The minimum atomic E-state index is -0.717. The molecule has 9 nitrogen and oxygen atoms in total. The van der Waals surface area contributed by atoms with Gasteiger partial charge in [-0.1, -0.05) is 39.8 Å². The van der Waals surface area contributed by atoms with Gasteiger partial charge in [-0.15, -0.1) is 0 Å². The van der Waals surface area contributed by atoms with E-state index in [1.165, 1.54) is 12.1 Å². The highest BCUT2D eigenvalue weighted by molar-refractivity contribution is 5.89. The van der Waals surface area contributed by atoms with E-state index in [2.05, 4.69) is 16.0 Å². The molecule has 1 fully saturated rings. The average molecular weight is 549 g/mol. The number of benzene rings is 1. The Bertz CT molecular complexity index is 982. The summed E-state index contributed by atoms with van der Waals surface area (Å²) < 4.78 is 18.5. The van der Waals surface area contributed by atoms with Gasteiger partial charge in [-0.3, -0.25) is 14.4 Å². The first kappa shape index (κ1) is 32.0. The monoisotopic (exact) mass is 548 g/mol. The van der Waals surface area contributed by atoms with Gasteiger partial charge >= 0.3 is 6.09 Å². The molecule has 1 heterocycles. The van der Waals surface area contributed by atoms with Crippen LogP contribution in [0, 0.1) is 23.6 Å². The topological polar surface area (TPSA) is 117 Å². The molecular formula is C29H45FN4O5. The van der Waals surface area contributed by atoms with Gasteiger partial charge in [0, 0.05) is 25.6 Å². The van der Waals surface area contributed by atoms with Gasteiger partial charge in [-0.25, -0.2) is 9.18 Å². The minimum Gasteiger partial charge on any atom is -0.444 e. The molecule has 0 aromatic heterocycles. The van der Waals surface area contributed by atoms with Gasteiger partial charge in [-0.05, 0) is 69.6 Å². The van der Waals surface area contributed by atoms with E-state index in [0.29, 0.717) is 32.4 Å². The van der Waals surface area contributed by atoms with Crippen molar-refractivity contribution in [1.29, 1.82) is 0 Å². The zero-order valence-electron chi connectivity index (χ0n) is 24.3. The van der Waals surface area contributed by atoms with Gasteiger partial charge in [0.05, 0.1) is 0 Å². The lowest BCUT2D eigenvalue weighted by Gasteiger charge is -2.35. The molecule has 1 aliphatic rings. The Balaban J connectivity index is 1.92. The standard InChI is InChI=1S/C29H45FN4O5/c1-18(2)16-23(32-28(38)39-29(5,6)7)27(37)34-14-12-21(13-15-34)25(35)33-24(19(3)4)26(36)31-17-20-8-10-22(30)11-9-20/h8-11,18-19,21,23-24H,12-17H2,1-7H3,(H,31,36)(H,32,38)(H,33,35). The van der Waals surface area contributed by atoms with Crippen LogP contribution in [0.1, 0.15) is 73.3 Å². The summed E-state index contributed by atoms with van der Waals surface area (Å²) in [6.07, 6.45) is 0.760. The van der Waals surface area contributed by atoms with Crippen molar-refractivity contribution in [2.75, 3.05) is 13.1 Å². The molecule has 218 valence electrons. The molecule has 1 saturated heterocycles. The van der Waals surface area contributed by atoms with E-state index in [4.69, 9.17) is 4.74 Å². The first-order valence-electron chi connectivity index (χ1n) is 13.8. The molecule has 3 N–H and O–H groups in total. The van der Waals surface area contributed by atoms with Crippen LogP contribution in [0.2, 0.25) is 0 Å². The second-order valence-electron chi connectivity index (χ2n) is 12.0.